The van der Waals surface area contributed by atoms with Crippen molar-refractivity contribution in [1.29, 1.82) is 5.41 Å². The third-order valence-electron chi connectivity index (χ3n) is 3.53. The summed E-state index contributed by atoms with van der Waals surface area (Å²) < 4.78 is 10.7. The predicted octanol–water partition coefficient (Wildman–Crippen LogP) is 1.53. The van der Waals surface area contributed by atoms with Crippen LogP contribution in [0.1, 0.15) is 23.2 Å². The highest BCUT2D eigenvalue weighted by atomic mass is 16.5. The number of aromatic hydroxyl groups is 1. The van der Waals surface area contributed by atoms with Crippen LogP contribution < -0.4 is 10.9 Å². The maximum atomic E-state index is 12.1. The Balaban J connectivity index is 1.84. The third-order valence-corrected chi connectivity index (χ3v) is 3.53. The summed E-state index contributed by atoms with van der Waals surface area (Å²) in [4.78, 5) is 12.1. The van der Waals surface area contributed by atoms with Crippen LogP contribution in [0.3, 0.4) is 0 Å². The molecule has 1 unspecified atom stereocenters. The quantitative estimate of drug-likeness (QED) is 0.798. The summed E-state index contributed by atoms with van der Waals surface area (Å²) in [5.41, 5.74) is 0.0816. The molecule has 1 amide bonds. The summed E-state index contributed by atoms with van der Waals surface area (Å²) in [5, 5.41) is 20.8. The first kappa shape index (κ1) is 13.6. The highest BCUT2D eigenvalue weighted by molar-refractivity contribution is 5.97. The summed E-state index contributed by atoms with van der Waals surface area (Å²) in [6.07, 6.45) is 1.99. The minimum absolute atomic E-state index is 0.0459. The summed E-state index contributed by atoms with van der Waals surface area (Å²) in [7, 11) is 0. The van der Waals surface area contributed by atoms with Gasteiger partial charge >= 0.3 is 0 Å². The van der Waals surface area contributed by atoms with Gasteiger partial charge in [-0.3, -0.25) is 10.2 Å². The SMILES string of the molecule is N=c1oc2c(O)cccc2cc1C(=O)NCC1CCCO1. The van der Waals surface area contributed by atoms with E-state index < -0.39 is 0 Å². The Morgan fingerprint density at radius 3 is 3.10 bits per heavy atom. The molecule has 1 aliphatic heterocycles. The molecule has 1 aromatic heterocycles. The molecule has 0 radical (unpaired) electrons. The van der Waals surface area contributed by atoms with Gasteiger partial charge in [0.1, 0.15) is 5.56 Å². The lowest BCUT2D eigenvalue weighted by atomic mass is 10.1. The van der Waals surface area contributed by atoms with Gasteiger partial charge in [-0.05, 0) is 25.0 Å². The first-order chi connectivity index (χ1) is 10.1. The van der Waals surface area contributed by atoms with E-state index in [4.69, 9.17) is 14.6 Å². The van der Waals surface area contributed by atoms with Crippen molar-refractivity contribution in [3.63, 3.8) is 0 Å². The maximum Gasteiger partial charge on any atom is 0.256 e. The average molecular weight is 288 g/mol. The number of phenols is 1. The van der Waals surface area contributed by atoms with E-state index in [0.29, 0.717) is 11.9 Å². The van der Waals surface area contributed by atoms with Gasteiger partial charge in [-0.15, -0.1) is 0 Å². The highest BCUT2D eigenvalue weighted by Crippen LogP contribution is 2.23. The van der Waals surface area contributed by atoms with Gasteiger partial charge in [0.05, 0.1) is 6.10 Å². The zero-order chi connectivity index (χ0) is 14.8. The van der Waals surface area contributed by atoms with E-state index in [2.05, 4.69) is 5.32 Å². The summed E-state index contributed by atoms with van der Waals surface area (Å²) in [6, 6.07) is 6.40. The van der Waals surface area contributed by atoms with Crippen molar-refractivity contribution >= 4 is 16.9 Å². The molecule has 0 spiro atoms. The van der Waals surface area contributed by atoms with Gasteiger partial charge < -0.3 is 19.6 Å². The molecule has 1 aromatic carbocycles. The van der Waals surface area contributed by atoms with Gasteiger partial charge in [0, 0.05) is 18.5 Å². The van der Waals surface area contributed by atoms with Gasteiger partial charge in [0.2, 0.25) is 5.55 Å². The number of rotatable bonds is 3. The van der Waals surface area contributed by atoms with Crippen molar-refractivity contribution in [2.24, 2.45) is 0 Å². The van der Waals surface area contributed by atoms with Crippen molar-refractivity contribution in [2.75, 3.05) is 13.2 Å². The summed E-state index contributed by atoms with van der Waals surface area (Å²) >= 11 is 0. The van der Waals surface area contributed by atoms with Gasteiger partial charge in [0.25, 0.3) is 5.91 Å². The molecule has 2 aromatic rings. The van der Waals surface area contributed by atoms with E-state index in [0.717, 1.165) is 19.4 Å². The number of ether oxygens (including phenoxy) is 1. The molecule has 1 saturated heterocycles. The minimum atomic E-state index is -0.371. The number of benzene rings is 1. The Morgan fingerprint density at radius 2 is 2.33 bits per heavy atom. The number of carbonyl (C=O) groups is 1. The Hall–Kier alpha value is -2.34. The van der Waals surface area contributed by atoms with Crippen molar-refractivity contribution in [3.05, 3.63) is 35.4 Å². The Bertz CT molecular complexity index is 732. The van der Waals surface area contributed by atoms with Crippen molar-refractivity contribution in [2.45, 2.75) is 18.9 Å². The molecule has 0 aliphatic carbocycles. The zero-order valence-corrected chi connectivity index (χ0v) is 11.4. The van der Waals surface area contributed by atoms with Crippen LogP contribution in [0.5, 0.6) is 5.75 Å². The van der Waals surface area contributed by atoms with E-state index >= 15 is 0 Å². The fourth-order valence-electron chi connectivity index (χ4n) is 2.42. The molecule has 0 bridgehead atoms. The number of hydrogen-bond acceptors (Lipinski definition) is 5. The molecule has 21 heavy (non-hydrogen) atoms. The monoisotopic (exact) mass is 288 g/mol. The largest absolute Gasteiger partial charge is 0.504 e. The van der Waals surface area contributed by atoms with Crippen molar-refractivity contribution in [3.8, 4) is 5.75 Å². The van der Waals surface area contributed by atoms with Crippen molar-refractivity contribution in [1.82, 2.24) is 5.32 Å². The van der Waals surface area contributed by atoms with Gasteiger partial charge in [-0.1, -0.05) is 12.1 Å². The van der Waals surface area contributed by atoms with Gasteiger partial charge in [0.15, 0.2) is 11.3 Å². The average Bonchev–Trinajstić information content (AvgIpc) is 2.98. The first-order valence-corrected chi connectivity index (χ1v) is 6.85. The first-order valence-electron chi connectivity index (χ1n) is 6.85. The Labute approximate surface area is 120 Å². The number of hydrogen-bond donors (Lipinski definition) is 3. The Morgan fingerprint density at radius 1 is 1.48 bits per heavy atom. The molecule has 0 saturated carbocycles. The van der Waals surface area contributed by atoms with Gasteiger partial charge in [-0.25, -0.2) is 0 Å². The second-order valence-corrected chi connectivity index (χ2v) is 5.03. The molecular formula is C15H16N2O4. The number of fused-ring (bicyclic) bond motifs is 1. The molecule has 110 valence electrons. The van der Waals surface area contributed by atoms with E-state index in [-0.39, 0.29) is 34.5 Å². The predicted molar refractivity (Wildman–Crippen MR) is 75.0 cm³/mol. The molecule has 3 rings (SSSR count). The number of carbonyl (C=O) groups excluding carboxylic acids is 1. The normalized spacial score (nSPS) is 18.0. The second-order valence-electron chi connectivity index (χ2n) is 5.03. The lowest BCUT2D eigenvalue weighted by Gasteiger charge is -2.11. The summed E-state index contributed by atoms with van der Waals surface area (Å²) in [6.45, 7) is 1.16. The van der Waals surface area contributed by atoms with E-state index in [1.807, 2.05) is 0 Å². The van der Waals surface area contributed by atoms with Crippen LogP contribution in [0.2, 0.25) is 0 Å². The fraction of sp³-hybridized carbons (Fsp3) is 0.333. The van der Waals surface area contributed by atoms with Crippen molar-refractivity contribution < 1.29 is 19.1 Å². The van der Waals surface area contributed by atoms with Crippen LogP contribution in [0.25, 0.3) is 11.0 Å². The molecule has 1 fully saturated rings. The van der Waals surface area contributed by atoms with E-state index in [1.54, 1.807) is 18.2 Å². The molecule has 3 N–H and O–H groups in total. The van der Waals surface area contributed by atoms with Crippen LogP contribution >= 0.6 is 0 Å². The smallest absolute Gasteiger partial charge is 0.256 e. The molecule has 6 heteroatoms. The fourth-order valence-corrected chi connectivity index (χ4v) is 2.42. The number of nitrogens with one attached hydrogen (secondary N) is 2. The van der Waals surface area contributed by atoms with Gasteiger partial charge in [-0.2, -0.15) is 0 Å². The number of amides is 1. The van der Waals surface area contributed by atoms with Crippen LogP contribution in [0.15, 0.2) is 28.7 Å². The molecular weight excluding hydrogens is 272 g/mol. The molecule has 2 heterocycles. The van der Waals surface area contributed by atoms with Crippen LogP contribution in [-0.2, 0) is 4.74 Å². The lowest BCUT2D eigenvalue weighted by molar-refractivity contribution is 0.0854. The molecule has 1 atom stereocenters. The summed E-state index contributed by atoms with van der Waals surface area (Å²) in [5.74, 6) is -0.420. The number of phenolic OH excluding ortho intramolecular Hbond substituents is 1. The number of para-hydroxylation sites is 1. The van der Waals surface area contributed by atoms with E-state index in [9.17, 15) is 9.90 Å². The zero-order valence-electron chi connectivity index (χ0n) is 11.4. The standard InChI is InChI=1S/C15H16N2O4/c16-14-11(15(19)17-8-10-4-2-6-20-10)7-9-3-1-5-12(18)13(9)21-14/h1,3,5,7,10,16,18H,2,4,6,8H2,(H,17,19). The lowest BCUT2D eigenvalue weighted by Crippen LogP contribution is -2.34. The van der Waals surface area contributed by atoms with Crippen LogP contribution in [0, 0.1) is 5.41 Å². The third kappa shape index (κ3) is 2.75. The molecule has 6 nitrogen and oxygen atoms in total. The van der Waals surface area contributed by atoms with E-state index in [1.165, 1.54) is 6.07 Å². The topological polar surface area (TPSA) is 95.5 Å². The second kappa shape index (κ2) is 5.57. The molecule has 1 aliphatic rings. The highest BCUT2D eigenvalue weighted by Gasteiger charge is 2.18. The minimum Gasteiger partial charge on any atom is -0.504 e. The maximum absolute atomic E-state index is 12.1. The Kier molecular flexibility index (Phi) is 3.62. The van der Waals surface area contributed by atoms with Crippen LogP contribution in [0.4, 0.5) is 0 Å². The van der Waals surface area contributed by atoms with Crippen LogP contribution in [-0.4, -0.2) is 30.3 Å².